The number of alkyl halides is 3. The third-order valence-corrected chi connectivity index (χ3v) is 5.76. The fraction of sp³-hybridized carbons (Fsp3) is 0.350. The first-order valence-corrected chi connectivity index (χ1v) is 9.77. The Hall–Kier alpha value is -2.15. The number of urea groups is 1. The van der Waals surface area contributed by atoms with Gasteiger partial charge in [0, 0.05) is 18.0 Å². The number of amides is 2. The maximum atomic E-state index is 12.6. The zero-order valence-corrected chi connectivity index (χ0v) is 15.9. The van der Waals surface area contributed by atoms with E-state index >= 15 is 0 Å². The van der Waals surface area contributed by atoms with E-state index in [9.17, 15) is 18.0 Å². The first-order valence-electron chi connectivity index (χ1n) is 8.72. The highest BCUT2D eigenvalue weighted by Gasteiger charge is 2.32. The molecule has 1 heterocycles. The molecule has 1 fully saturated rings. The number of halogens is 3. The SMILES string of the molecule is CC(C)c1ccc(C2SCCN2C(=O)Nc2ccc(C(F)(F)F)cc2)cc1. The highest BCUT2D eigenvalue weighted by atomic mass is 32.2. The molecule has 0 aliphatic carbocycles. The molecule has 2 aromatic rings. The van der Waals surface area contributed by atoms with Gasteiger partial charge in [-0.25, -0.2) is 4.79 Å². The predicted molar refractivity (Wildman–Crippen MR) is 103 cm³/mol. The van der Waals surface area contributed by atoms with Crippen LogP contribution in [0.15, 0.2) is 48.5 Å². The Morgan fingerprint density at radius 2 is 1.74 bits per heavy atom. The average Bonchev–Trinajstić information content (AvgIpc) is 3.11. The van der Waals surface area contributed by atoms with Crippen molar-refractivity contribution < 1.29 is 18.0 Å². The van der Waals surface area contributed by atoms with Crippen molar-refractivity contribution in [3.05, 3.63) is 65.2 Å². The number of rotatable bonds is 3. The summed E-state index contributed by atoms with van der Waals surface area (Å²) in [5.74, 6) is 1.26. The lowest BCUT2D eigenvalue weighted by Gasteiger charge is -2.25. The van der Waals surface area contributed by atoms with Gasteiger partial charge in [0.25, 0.3) is 0 Å². The van der Waals surface area contributed by atoms with E-state index in [0.717, 1.165) is 23.4 Å². The summed E-state index contributed by atoms with van der Waals surface area (Å²) in [6.07, 6.45) is -4.39. The molecule has 1 atom stereocenters. The van der Waals surface area contributed by atoms with Gasteiger partial charge in [0.05, 0.1) is 5.56 Å². The number of carbonyl (C=O) groups is 1. The zero-order chi connectivity index (χ0) is 19.6. The third-order valence-electron chi connectivity index (χ3n) is 4.50. The van der Waals surface area contributed by atoms with E-state index in [1.807, 2.05) is 12.1 Å². The maximum absolute atomic E-state index is 12.6. The van der Waals surface area contributed by atoms with Gasteiger partial charge in [-0.2, -0.15) is 13.2 Å². The van der Waals surface area contributed by atoms with Crippen LogP contribution >= 0.6 is 11.8 Å². The van der Waals surface area contributed by atoms with Crippen molar-refractivity contribution in [2.24, 2.45) is 0 Å². The third kappa shape index (κ3) is 4.58. The van der Waals surface area contributed by atoms with Crippen molar-refractivity contribution in [3.8, 4) is 0 Å². The molecule has 27 heavy (non-hydrogen) atoms. The van der Waals surface area contributed by atoms with Crippen LogP contribution in [0.25, 0.3) is 0 Å². The van der Waals surface area contributed by atoms with Gasteiger partial charge < -0.3 is 10.2 Å². The summed E-state index contributed by atoms with van der Waals surface area (Å²) in [5, 5.41) is 2.60. The monoisotopic (exact) mass is 394 g/mol. The summed E-state index contributed by atoms with van der Waals surface area (Å²) in [6, 6.07) is 12.4. The molecule has 0 spiro atoms. The fourth-order valence-electron chi connectivity index (χ4n) is 2.94. The Balaban J connectivity index is 1.70. The molecule has 3 rings (SSSR count). The van der Waals surface area contributed by atoms with Gasteiger partial charge in [-0.15, -0.1) is 11.8 Å². The van der Waals surface area contributed by atoms with Crippen LogP contribution in [0.2, 0.25) is 0 Å². The summed E-state index contributed by atoms with van der Waals surface area (Å²) in [5.41, 5.74) is 1.89. The summed E-state index contributed by atoms with van der Waals surface area (Å²) < 4.78 is 37.9. The first-order chi connectivity index (χ1) is 12.8. The maximum Gasteiger partial charge on any atom is 0.416 e. The van der Waals surface area contributed by atoms with E-state index in [0.29, 0.717) is 18.2 Å². The summed E-state index contributed by atoms with van der Waals surface area (Å²) in [4.78, 5) is 14.3. The van der Waals surface area contributed by atoms with Gasteiger partial charge in [-0.1, -0.05) is 38.1 Å². The number of nitrogens with zero attached hydrogens (tertiary/aromatic N) is 1. The fourth-order valence-corrected chi connectivity index (χ4v) is 4.19. The van der Waals surface area contributed by atoms with Gasteiger partial charge in [-0.3, -0.25) is 0 Å². The van der Waals surface area contributed by atoms with Gasteiger partial charge in [0.2, 0.25) is 0 Å². The van der Waals surface area contributed by atoms with Crippen LogP contribution in [0.5, 0.6) is 0 Å². The summed E-state index contributed by atoms with van der Waals surface area (Å²) in [7, 11) is 0. The molecule has 1 aliphatic rings. The quantitative estimate of drug-likeness (QED) is 0.681. The lowest BCUT2D eigenvalue weighted by Crippen LogP contribution is -2.34. The normalized spacial score (nSPS) is 17.4. The van der Waals surface area contributed by atoms with Crippen molar-refractivity contribution in [2.45, 2.75) is 31.3 Å². The number of nitrogens with one attached hydrogen (secondary N) is 1. The highest BCUT2D eigenvalue weighted by molar-refractivity contribution is 7.99. The van der Waals surface area contributed by atoms with Gasteiger partial charge in [0.1, 0.15) is 5.37 Å². The molecule has 1 saturated heterocycles. The van der Waals surface area contributed by atoms with E-state index < -0.39 is 11.7 Å². The van der Waals surface area contributed by atoms with Crippen molar-refractivity contribution in [2.75, 3.05) is 17.6 Å². The molecule has 2 amide bonds. The number of thioether (sulfide) groups is 1. The lowest BCUT2D eigenvalue weighted by atomic mass is 10.0. The van der Waals surface area contributed by atoms with E-state index in [1.165, 1.54) is 17.7 Å². The molecule has 0 aromatic heterocycles. The summed E-state index contributed by atoms with van der Waals surface area (Å²) >= 11 is 1.68. The Morgan fingerprint density at radius 3 is 2.30 bits per heavy atom. The smallest absolute Gasteiger partial charge is 0.308 e. The molecule has 144 valence electrons. The number of hydrogen-bond donors (Lipinski definition) is 1. The standard InChI is InChI=1S/C20H21F3N2OS/c1-13(2)14-3-5-15(6-4-14)18-25(11-12-27-18)19(26)24-17-9-7-16(8-10-17)20(21,22)23/h3-10,13,18H,11-12H2,1-2H3,(H,24,26). The Labute approximate surface area is 160 Å². The van der Waals surface area contributed by atoms with Crippen molar-refractivity contribution in [3.63, 3.8) is 0 Å². The first kappa shape index (κ1) is 19.6. The molecule has 0 saturated carbocycles. The van der Waals surface area contributed by atoms with Crippen LogP contribution in [0.1, 0.15) is 41.8 Å². The van der Waals surface area contributed by atoms with Crippen LogP contribution in [-0.4, -0.2) is 23.2 Å². The van der Waals surface area contributed by atoms with Crippen LogP contribution in [-0.2, 0) is 6.18 Å². The molecule has 1 N–H and O–H groups in total. The van der Waals surface area contributed by atoms with E-state index in [1.54, 1.807) is 16.7 Å². The Morgan fingerprint density at radius 1 is 1.11 bits per heavy atom. The number of hydrogen-bond acceptors (Lipinski definition) is 2. The minimum atomic E-state index is -4.39. The van der Waals surface area contributed by atoms with Gasteiger partial charge >= 0.3 is 12.2 Å². The molecule has 3 nitrogen and oxygen atoms in total. The van der Waals surface area contributed by atoms with E-state index in [2.05, 4.69) is 31.3 Å². The molecule has 2 aromatic carbocycles. The van der Waals surface area contributed by atoms with Crippen LogP contribution < -0.4 is 5.32 Å². The number of anilines is 1. The van der Waals surface area contributed by atoms with Gasteiger partial charge in [-0.05, 0) is 41.3 Å². The molecular weight excluding hydrogens is 373 g/mol. The zero-order valence-electron chi connectivity index (χ0n) is 15.1. The van der Waals surface area contributed by atoms with Crippen molar-refractivity contribution >= 4 is 23.5 Å². The van der Waals surface area contributed by atoms with Crippen LogP contribution in [0.4, 0.5) is 23.7 Å². The molecule has 1 aliphatic heterocycles. The molecule has 0 radical (unpaired) electrons. The number of carbonyl (C=O) groups excluding carboxylic acids is 1. The predicted octanol–water partition coefficient (Wildman–Crippen LogP) is 6.11. The van der Waals surface area contributed by atoms with E-state index in [-0.39, 0.29) is 11.4 Å². The van der Waals surface area contributed by atoms with Crippen molar-refractivity contribution in [1.82, 2.24) is 4.90 Å². The average molecular weight is 394 g/mol. The number of benzene rings is 2. The topological polar surface area (TPSA) is 32.3 Å². The molecule has 0 bridgehead atoms. The van der Waals surface area contributed by atoms with Crippen LogP contribution in [0, 0.1) is 0 Å². The second-order valence-corrected chi connectivity index (χ2v) is 7.93. The molecule has 7 heteroatoms. The van der Waals surface area contributed by atoms with Crippen LogP contribution in [0.3, 0.4) is 0 Å². The van der Waals surface area contributed by atoms with Gasteiger partial charge in [0.15, 0.2) is 0 Å². The molecular formula is C20H21F3N2OS. The Bertz CT molecular complexity index is 788. The lowest BCUT2D eigenvalue weighted by molar-refractivity contribution is -0.137. The van der Waals surface area contributed by atoms with Crippen molar-refractivity contribution in [1.29, 1.82) is 0 Å². The Kier molecular flexibility index (Phi) is 5.69. The minimum absolute atomic E-state index is 0.0966. The van der Waals surface area contributed by atoms with E-state index in [4.69, 9.17) is 0 Å². The minimum Gasteiger partial charge on any atom is -0.308 e. The second-order valence-electron chi connectivity index (χ2n) is 6.74. The largest absolute Gasteiger partial charge is 0.416 e. The highest BCUT2D eigenvalue weighted by Crippen LogP contribution is 2.38. The second kappa shape index (κ2) is 7.84. The molecule has 1 unspecified atom stereocenters. The summed E-state index contributed by atoms with van der Waals surface area (Å²) in [6.45, 7) is 4.85.